The Balaban J connectivity index is 1.63. The summed E-state index contributed by atoms with van der Waals surface area (Å²) in [4.78, 5) is 9.82. The van der Waals surface area contributed by atoms with Gasteiger partial charge in [-0.25, -0.2) is 4.98 Å². The average molecular weight is 259 g/mol. The van der Waals surface area contributed by atoms with Gasteiger partial charge in [0.05, 0.1) is 4.88 Å². The van der Waals surface area contributed by atoms with Crippen LogP contribution >= 0.6 is 11.3 Å². The summed E-state index contributed by atoms with van der Waals surface area (Å²) in [6.07, 6.45) is 11.0. The van der Waals surface area contributed by atoms with Gasteiger partial charge in [-0.1, -0.05) is 18.9 Å². The maximum atomic E-state index is 4.48. The first kappa shape index (κ1) is 11.8. The van der Waals surface area contributed by atoms with E-state index in [1.807, 2.05) is 18.5 Å². The van der Waals surface area contributed by atoms with Crippen LogP contribution in [0.2, 0.25) is 0 Å². The van der Waals surface area contributed by atoms with Gasteiger partial charge < -0.3 is 5.32 Å². The molecular weight excluding hydrogens is 242 g/mol. The van der Waals surface area contributed by atoms with Gasteiger partial charge in [0.25, 0.3) is 0 Å². The van der Waals surface area contributed by atoms with E-state index in [2.05, 4.69) is 21.4 Å². The number of hydrogen-bond acceptors (Lipinski definition) is 4. The van der Waals surface area contributed by atoms with Gasteiger partial charge in [0.15, 0.2) is 0 Å². The van der Waals surface area contributed by atoms with Crippen LogP contribution in [0.25, 0.3) is 10.4 Å². The SMILES string of the molecule is c1cncc(-c2cnc(CNC3CCCC3)s2)c1. The van der Waals surface area contributed by atoms with Crippen LogP contribution in [-0.2, 0) is 6.54 Å². The van der Waals surface area contributed by atoms with E-state index in [-0.39, 0.29) is 0 Å². The highest BCUT2D eigenvalue weighted by Gasteiger charge is 2.14. The molecular formula is C14H17N3S. The fraction of sp³-hybridized carbons (Fsp3) is 0.429. The smallest absolute Gasteiger partial charge is 0.107 e. The normalized spacial score (nSPS) is 16.2. The summed E-state index contributed by atoms with van der Waals surface area (Å²) in [6.45, 7) is 0.898. The van der Waals surface area contributed by atoms with Crippen LogP contribution in [0.1, 0.15) is 30.7 Å². The lowest BCUT2D eigenvalue weighted by Crippen LogP contribution is -2.25. The van der Waals surface area contributed by atoms with Gasteiger partial charge in [-0.15, -0.1) is 11.3 Å². The second-order valence-corrected chi connectivity index (χ2v) is 5.84. The second kappa shape index (κ2) is 5.59. The zero-order valence-corrected chi connectivity index (χ0v) is 11.1. The van der Waals surface area contributed by atoms with Crippen molar-refractivity contribution in [2.75, 3.05) is 0 Å². The molecule has 0 aromatic carbocycles. The van der Waals surface area contributed by atoms with Gasteiger partial charge in [0.1, 0.15) is 5.01 Å². The van der Waals surface area contributed by atoms with Crippen molar-refractivity contribution in [3.8, 4) is 10.4 Å². The molecule has 0 bridgehead atoms. The highest BCUT2D eigenvalue weighted by Crippen LogP contribution is 2.25. The maximum Gasteiger partial charge on any atom is 0.107 e. The highest BCUT2D eigenvalue weighted by molar-refractivity contribution is 7.15. The van der Waals surface area contributed by atoms with E-state index in [0.717, 1.165) is 12.1 Å². The summed E-state index contributed by atoms with van der Waals surface area (Å²) in [5.74, 6) is 0. The van der Waals surface area contributed by atoms with E-state index in [1.165, 1.54) is 35.6 Å². The first-order valence-electron chi connectivity index (χ1n) is 6.50. The van der Waals surface area contributed by atoms with Gasteiger partial charge in [0, 0.05) is 36.7 Å². The van der Waals surface area contributed by atoms with E-state index in [0.29, 0.717) is 6.04 Å². The van der Waals surface area contributed by atoms with Crippen molar-refractivity contribution in [2.45, 2.75) is 38.3 Å². The first-order valence-corrected chi connectivity index (χ1v) is 7.32. The minimum Gasteiger partial charge on any atom is -0.308 e. The van der Waals surface area contributed by atoms with Crippen molar-refractivity contribution in [3.05, 3.63) is 35.7 Å². The Hall–Kier alpha value is -1.26. The number of nitrogens with one attached hydrogen (secondary N) is 1. The molecule has 3 rings (SSSR count). The lowest BCUT2D eigenvalue weighted by atomic mass is 10.2. The summed E-state index contributed by atoms with van der Waals surface area (Å²) in [5.41, 5.74) is 1.15. The molecule has 1 aliphatic rings. The molecule has 2 aromatic rings. The van der Waals surface area contributed by atoms with Gasteiger partial charge >= 0.3 is 0 Å². The molecule has 0 aliphatic heterocycles. The second-order valence-electron chi connectivity index (χ2n) is 4.72. The quantitative estimate of drug-likeness (QED) is 0.916. The average Bonchev–Trinajstić information content (AvgIpc) is 3.09. The molecule has 3 nitrogen and oxygen atoms in total. The van der Waals surface area contributed by atoms with Gasteiger partial charge in [-0.05, 0) is 18.9 Å². The topological polar surface area (TPSA) is 37.8 Å². The van der Waals surface area contributed by atoms with Crippen molar-refractivity contribution < 1.29 is 0 Å². The molecule has 94 valence electrons. The molecule has 1 saturated carbocycles. The zero-order valence-electron chi connectivity index (χ0n) is 10.3. The minimum atomic E-state index is 0.704. The van der Waals surface area contributed by atoms with Crippen LogP contribution in [0.15, 0.2) is 30.7 Å². The monoisotopic (exact) mass is 259 g/mol. The van der Waals surface area contributed by atoms with Crippen molar-refractivity contribution in [1.82, 2.24) is 15.3 Å². The molecule has 0 radical (unpaired) electrons. The summed E-state index contributed by atoms with van der Waals surface area (Å²) in [5, 5.41) is 4.76. The molecule has 18 heavy (non-hydrogen) atoms. The maximum absolute atomic E-state index is 4.48. The molecule has 1 aliphatic carbocycles. The predicted octanol–water partition coefficient (Wildman–Crippen LogP) is 3.24. The van der Waals surface area contributed by atoms with Crippen LogP contribution in [0, 0.1) is 0 Å². The Bertz CT molecular complexity index is 489. The molecule has 0 spiro atoms. The Morgan fingerprint density at radius 1 is 1.28 bits per heavy atom. The van der Waals surface area contributed by atoms with Gasteiger partial charge in [-0.3, -0.25) is 4.98 Å². The van der Waals surface area contributed by atoms with E-state index < -0.39 is 0 Å². The molecule has 2 aromatic heterocycles. The van der Waals surface area contributed by atoms with E-state index in [4.69, 9.17) is 0 Å². The van der Waals surface area contributed by atoms with Crippen LogP contribution in [0.3, 0.4) is 0 Å². The number of pyridine rings is 1. The van der Waals surface area contributed by atoms with Crippen LogP contribution in [-0.4, -0.2) is 16.0 Å². The van der Waals surface area contributed by atoms with Crippen LogP contribution in [0.5, 0.6) is 0 Å². The summed E-state index contributed by atoms with van der Waals surface area (Å²) in [6, 6.07) is 4.75. The van der Waals surface area contributed by atoms with Crippen LogP contribution < -0.4 is 5.32 Å². The number of nitrogens with zero attached hydrogens (tertiary/aromatic N) is 2. The Kier molecular flexibility index (Phi) is 3.67. The third-order valence-corrected chi connectivity index (χ3v) is 4.44. The fourth-order valence-corrected chi connectivity index (χ4v) is 3.25. The molecule has 0 atom stereocenters. The number of aromatic nitrogens is 2. The molecule has 0 amide bonds. The lowest BCUT2D eigenvalue weighted by molar-refractivity contribution is 0.523. The van der Waals surface area contributed by atoms with E-state index >= 15 is 0 Å². The predicted molar refractivity (Wildman–Crippen MR) is 74.4 cm³/mol. The summed E-state index contributed by atoms with van der Waals surface area (Å²) >= 11 is 1.76. The largest absolute Gasteiger partial charge is 0.308 e. The lowest BCUT2D eigenvalue weighted by Gasteiger charge is -2.09. The van der Waals surface area contributed by atoms with Crippen molar-refractivity contribution >= 4 is 11.3 Å². The third kappa shape index (κ3) is 2.76. The highest BCUT2D eigenvalue weighted by atomic mass is 32.1. The summed E-state index contributed by atoms with van der Waals surface area (Å²) < 4.78 is 0. The fourth-order valence-electron chi connectivity index (χ4n) is 2.40. The zero-order chi connectivity index (χ0) is 12.2. The standard InChI is InChI=1S/C14H17N3S/c1-2-6-12(5-1)16-10-14-17-9-13(18-14)11-4-3-7-15-8-11/h3-4,7-9,12,16H,1-2,5-6,10H2. The van der Waals surface area contributed by atoms with Crippen LogP contribution in [0.4, 0.5) is 0 Å². The number of hydrogen-bond donors (Lipinski definition) is 1. The van der Waals surface area contributed by atoms with Crippen molar-refractivity contribution in [1.29, 1.82) is 0 Å². The molecule has 4 heteroatoms. The summed E-state index contributed by atoms with van der Waals surface area (Å²) in [7, 11) is 0. The van der Waals surface area contributed by atoms with Gasteiger partial charge in [-0.2, -0.15) is 0 Å². The number of rotatable bonds is 4. The molecule has 0 saturated heterocycles. The Morgan fingerprint density at radius 2 is 2.17 bits per heavy atom. The molecule has 0 unspecified atom stereocenters. The molecule has 2 heterocycles. The van der Waals surface area contributed by atoms with E-state index in [9.17, 15) is 0 Å². The van der Waals surface area contributed by atoms with E-state index in [1.54, 1.807) is 17.5 Å². The Labute approximate surface area is 111 Å². The third-order valence-electron chi connectivity index (χ3n) is 3.40. The number of thiazole rings is 1. The van der Waals surface area contributed by atoms with Crippen molar-refractivity contribution in [2.24, 2.45) is 0 Å². The van der Waals surface area contributed by atoms with Gasteiger partial charge in [0.2, 0.25) is 0 Å². The molecule has 1 N–H and O–H groups in total. The first-order chi connectivity index (χ1) is 8.92. The van der Waals surface area contributed by atoms with Crippen molar-refractivity contribution in [3.63, 3.8) is 0 Å². The minimum absolute atomic E-state index is 0.704. The Morgan fingerprint density at radius 3 is 2.94 bits per heavy atom. The molecule has 1 fully saturated rings.